The van der Waals surface area contributed by atoms with Gasteiger partial charge >= 0.3 is 0 Å². The molecular weight excluding hydrogens is 584 g/mol. The van der Waals surface area contributed by atoms with E-state index in [1.165, 1.54) is 24.4 Å². The Morgan fingerprint density at radius 1 is 1.07 bits per heavy atom. The quantitative estimate of drug-likeness (QED) is 0.270. The number of aromatic nitrogens is 7. The predicted octanol–water partition coefficient (Wildman–Crippen LogP) is 3.74. The highest BCUT2D eigenvalue weighted by molar-refractivity contribution is 9.10. The van der Waals surface area contributed by atoms with Crippen molar-refractivity contribution in [1.29, 1.82) is 0 Å². The van der Waals surface area contributed by atoms with Crippen LogP contribution in [0.3, 0.4) is 0 Å². The molecule has 6 rings (SSSR count). The minimum atomic E-state index is -0.548. The maximum Gasteiger partial charge on any atom is 0.256 e. The van der Waals surface area contributed by atoms with Crippen LogP contribution in [0.25, 0.3) is 11.5 Å². The van der Waals surface area contributed by atoms with Crippen molar-refractivity contribution in [2.45, 2.75) is 25.6 Å². The van der Waals surface area contributed by atoms with Gasteiger partial charge in [0.15, 0.2) is 5.82 Å². The van der Waals surface area contributed by atoms with Gasteiger partial charge in [-0.2, -0.15) is 9.49 Å². The van der Waals surface area contributed by atoms with E-state index >= 15 is 0 Å². The summed E-state index contributed by atoms with van der Waals surface area (Å²) < 4.78 is 32.3. The Balaban J connectivity index is 1.10. The number of amides is 1. The van der Waals surface area contributed by atoms with Gasteiger partial charge in [0.05, 0.1) is 30.3 Å². The molecule has 1 aliphatic heterocycles. The number of hydrogen-bond donors (Lipinski definition) is 1. The van der Waals surface area contributed by atoms with Crippen LogP contribution in [0.15, 0.2) is 77.9 Å². The first-order valence-electron chi connectivity index (χ1n) is 12.6. The van der Waals surface area contributed by atoms with Gasteiger partial charge in [0.1, 0.15) is 16.0 Å². The lowest BCUT2D eigenvalue weighted by atomic mass is 10.2. The standard InChI is InChI=1S/C27H24BrF2N9O/c28-25-18(3-8-24(30)33-25)14-38-17-21(34-35-38)16-36-12-9-20(15-36)32-26(40)23-13-31-39(22-6-4-19(29)5-7-22)27(23)37-10-1-2-11-37/h1-8,10-11,13,17,20H,9,12,14-16H2,(H,32,40). The molecule has 1 fully saturated rings. The lowest BCUT2D eigenvalue weighted by Crippen LogP contribution is -2.37. The molecule has 5 heterocycles. The van der Waals surface area contributed by atoms with E-state index < -0.39 is 5.95 Å². The number of pyridine rings is 1. The smallest absolute Gasteiger partial charge is 0.256 e. The average molecular weight is 608 g/mol. The van der Waals surface area contributed by atoms with E-state index in [-0.39, 0.29) is 17.8 Å². The second-order valence-corrected chi connectivity index (χ2v) is 10.3. The van der Waals surface area contributed by atoms with Crippen LogP contribution in [0.2, 0.25) is 0 Å². The first-order valence-corrected chi connectivity index (χ1v) is 13.4. The third kappa shape index (κ3) is 5.56. The molecule has 1 saturated heterocycles. The van der Waals surface area contributed by atoms with Crippen LogP contribution in [0.5, 0.6) is 0 Å². The van der Waals surface area contributed by atoms with E-state index in [4.69, 9.17) is 0 Å². The third-order valence-corrected chi connectivity index (χ3v) is 7.40. The van der Waals surface area contributed by atoms with Crippen molar-refractivity contribution >= 4 is 21.8 Å². The van der Waals surface area contributed by atoms with E-state index in [0.29, 0.717) is 41.3 Å². The molecule has 1 amide bonds. The molecule has 204 valence electrons. The van der Waals surface area contributed by atoms with E-state index in [9.17, 15) is 13.6 Å². The van der Waals surface area contributed by atoms with Crippen molar-refractivity contribution < 1.29 is 13.6 Å². The SMILES string of the molecule is O=C(NC1CCN(Cc2cn(Cc3ccc(F)nc3Br)nn2)C1)c1cnn(-c2ccc(F)cc2)c1-n1cccc1. The number of nitrogens with zero attached hydrogens (tertiary/aromatic N) is 8. The van der Waals surface area contributed by atoms with Gasteiger partial charge in [0.25, 0.3) is 5.91 Å². The van der Waals surface area contributed by atoms with Crippen molar-refractivity contribution in [3.05, 3.63) is 107 Å². The van der Waals surface area contributed by atoms with Gasteiger partial charge in [-0.3, -0.25) is 9.69 Å². The molecule has 40 heavy (non-hydrogen) atoms. The van der Waals surface area contributed by atoms with Gasteiger partial charge < -0.3 is 9.88 Å². The van der Waals surface area contributed by atoms with E-state index in [0.717, 1.165) is 24.2 Å². The van der Waals surface area contributed by atoms with Crippen LogP contribution < -0.4 is 5.32 Å². The third-order valence-electron chi connectivity index (χ3n) is 6.71. The largest absolute Gasteiger partial charge is 0.348 e. The van der Waals surface area contributed by atoms with Crippen LogP contribution in [-0.2, 0) is 13.1 Å². The summed E-state index contributed by atoms with van der Waals surface area (Å²) in [6.45, 7) is 2.46. The first-order chi connectivity index (χ1) is 19.4. The zero-order chi connectivity index (χ0) is 27.6. The van der Waals surface area contributed by atoms with Crippen molar-refractivity contribution in [1.82, 2.24) is 44.5 Å². The second-order valence-electron chi connectivity index (χ2n) is 9.55. The Bertz CT molecular complexity index is 1630. The molecule has 5 aromatic rings. The van der Waals surface area contributed by atoms with Gasteiger partial charge in [-0.05, 0) is 70.9 Å². The fourth-order valence-corrected chi connectivity index (χ4v) is 5.23. The van der Waals surface area contributed by atoms with Gasteiger partial charge in [0.2, 0.25) is 5.95 Å². The van der Waals surface area contributed by atoms with Crippen molar-refractivity contribution in [2.75, 3.05) is 13.1 Å². The fourth-order valence-electron chi connectivity index (χ4n) is 4.81. The average Bonchev–Trinajstić information content (AvgIpc) is 3.74. The summed E-state index contributed by atoms with van der Waals surface area (Å²) in [5, 5.41) is 16.0. The van der Waals surface area contributed by atoms with Gasteiger partial charge in [-0.25, -0.2) is 18.7 Å². The fraction of sp³-hybridized carbons (Fsp3) is 0.222. The zero-order valence-electron chi connectivity index (χ0n) is 21.2. The van der Waals surface area contributed by atoms with Crippen LogP contribution in [0, 0.1) is 11.8 Å². The van der Waals surface area contributed by atoms with E-state index in [2.05, 4.69) is 46.5 Å². The predicted molar refractivity (Wildman–Crippen MR) is 145 cm³/mol. The minimum absolute atomic E-state index is 0.0459. The Morgan fingerprint density at radius 3 is 2.65 bits per heavy atom. The van der Waals surface area contributed by atoms with Crippen molar-refractivity contribution in [3.8, 4) is 11.5 Å². The maximum absolute atomic E-state index is 13.5. The number of hydrogen-bond acceptors (Lipinski definition) is 6. The lowest BCUT2D eigenvalue weighted by molar-refractivity contribution is 0.0937. The molecule has 1 atom stereocenters. The Hall–Kier alpha value is -4.23. The Morgan fingerprint density at radius 2 is 1.88 bits per heavy atom. The molecule has 1 N–H and O–H groups in total. The van der Waals surface area contributed by atoms with E-state index in [1.807, 2.05) is 35.3 Å². The van der Waals surface area contributed by atoms with Crippen LogP contribution >= 0.6 is 15.9 Å². The molecule has 4 aromatic heterocycles. The highest BCUT2D eigenvalue weighted by atomic mass is 79.9. The number of likely N-dealkylation sites (tertiary alicyclic amines) is 1. The number of nitrogens with one attached hydrogen (secondary N) is 1. The number of rotatable bonds is 8. The molecule has 1 unspecified atom stereocenters. The van der Waals surface area contributed by atoms with Crippen LogP contribution in [0.1, 0.15) is 28.0 Å². The maximum atomic E-state index is 13.5. The second kappa shape index (κ2) is 11.1. The van der Waals surface area contributed by atoms with Crippen LogP contribution in [-0.4, -0.2) is 64.3 Å². The summed E-state index contributed by atoms with van der Waals surface area (Å²) >= 11 is 3.28. The zero-order valence-corrected chi connectivity index (χ0v) is 22.7. The summed E-state index contributed by atoms with van der Waals surface area (Å²) in [7, 11) is 0. The summed E-state index contributed by atoms with van der Waals surface area (Å²) in [4.78, 5) is 19.4. The minimum Gasteiger partial charge on any atom is -0.348 e. The molecule has 0 radical (unpaired) electrons. The lowest BCUT2D eigenvalue weighted by Gasteiger charge is -2.16. The number of benzene rings is 1. The van der Waals surface area contributed by atoms with Gasteiger partial charge in [-0.1, -0.05) is 5.21 Å². The Kier molecular flexibility index (Phi) is 7.22. The van der Waals surface area contributed by atoms with Crippen molar-refractivity contribution in [3.63, 3.8) is 0 Å². The normalized spacial score (nSPS) is 15.5. The molecule has 1 aromatic carbocycles. The summed E-state index contributed by atoms with van der Waals surface area (Å²) in [5.41, 5.74) is 2.66. The monoisotopic (exact) mass is 607 g/mol. The number of carbonyl (C=O) groups excluding carboxylic acids is 1. The van der Waals surface area contributed by atoms with Crippen molar-refractivity contribution in [2.24, 2.45) is 0 Å². The molecule has 0 bridgehead atoms. The molecule has 0 saturated carbocycles. The molecule has 1 aliphatic rings. The number of halogens is 3. The van der Waals surface area contributed by atoms with Crippen LogP contribution in [0.4, 0.5) is 8.78 Å². The van der Waals surface area contributed by atoms with Gasteiger partial charge in [-0.15, -0.1) is 5.10 Å². The Labute approximate surface area is 236 Å². The summed E-state index contributed by atoms with van der Waals surface area (Å²) in [6, 6.07) is 12.6. The highest BCUT2D eigenvalue weighted by Gasteiger charge is 2.27. The summed E-state index contributed by atoms with van der Waals surface area (Å²) in [5.74, 6) is -0.548. The molecular formula is C27H24BrF2N9O. The molecule has 13 heteroatoms. The number of carbonyl (C=O) groups is 1. The molecule has 10 nitrogen and oxygen atoms in total. The topological polar surface area (TPSA) is 98.7 Å². The van der Waals surface area contributed by atoms with E-state index in [1.54, 1.807) is 27.6 Å². The summed E-state index contributed by atoms with van der Waals surface area (Å²) in [6.07, 6.45) is 7.86. The van der Waals surface area contributed by atoms with Gasteiger partial charge in [0, 0.05) is 43.6 Å². The first kappa shape index (κ1) is 26.0. The molecule has 0 spiro atoms. The highest BCUT2D eigenvalue weighted by Crippen LogP contribution is 2.22. The molecule has 0 aliphatic carbocycles.